The molecule has 4 rings (SSSR count). The first-order valence-electron chi connectivity index (χ1n) is 12.3. The molecule has 37 heavy (non-hydrogen) atoms. The Hall–Kier alpha value is -3.08. The quantitative estimate of drug-likeness (QED) is 0.319. The summed E-state index contributed by atoms with van der Waals surface area (Å²) >= 11 is 1.40. The number of thioether (sulfide) groups is 1. The number of benzene rings is 2. The van der Waals surface area contributed by atoms with Crippen molar-refractivity contribution in [1.29, 1.82) is 0 Å². The average molecular weight is 527 g/mol. The van der Waals surface area contributed by atoms with E-state index in [9.17, 15) is 18.8 Å². The SMILES string of the molecule is Cc1nc2cccc(SCc3ccc(CN4CCOCC4)cc3F)c2c(=O)n1C(C)CCC(=O)NC=O. The number of halogens is 1. The van der Waals surface area contributed by atoms with Crippen molar-refractivity contribution in [2.45, 2.75) is 49.9 Å². The number of carbonyl (C=O) groups is 2. The van der Waals surface area contributed by atoms with E-state index >= 15 is 0 Å². The Kier molecular flexibility index (Phi) is 9.07. The molecule has 1 aliphatic heterocycles. The van der Waals surface area contributed by atoms with Crippen molar-refractivity contribution in [3.63, 3.8) is 0 Å². The van der Waals surface area contributed by atoms with Crippen LogP contribution in [0.15, 0.2) is 46.1 Å². The highest BCUT2D eigenvalue weighted by Gasteiger charge is 2.18. The summed E-state index contributed by atoms with van der Waals surface area (Å²) in [6.07, 6.45) is 0.845. The smallest absolute Gasteiger partial charge is 0.262 e. The Balaban J connectivity index is 1.52. The maximum atomic E-state index is 14.9. The number of hydrogen-bond acceptors (Lipinski definition) is 7. The van der Waals surface area contributed by atoms with E-state index in [4.69, 9.17) is 4.74 Å². The second-order valence-corrected chi connectivity index (χ2v) is 10.2. The van der Waals surface area contributed by atoms with Crippen LogP contribution in [-0.2, 0) is 26.6 Å². The number of ether oxygens (including phenoxy) is 1. The van der Waals surface area contributed by atoms with Crippen molar-refractivity contribution in [1.82, 2.24) is 19.8 Å². The first-order valence-corrected chi connectivity index (χ1v) is 13.3. The molecular weight excluding hydrogens is 495 g/mol. The molecule has 2 amide bonds. The van der Waals surface area contributed by atoms with Gasteiger partial charge < -0.3 is 4.74 Å². The summed E-state index contributed by atoms with van der Waals surface area (Å²) in [6.45, 7) is 7.39. The van der Waals surface area contributed by atoms with Gasteiger partial charge >= 0.3 is 0 Å². The molecule has 8 nitrogen and oxygen atoms in total. The lowest BCUT2D eigenvalue weighted by Crippen LogP contribution is -2.35. The van der Waals surface area contributed by atoms with Crippen molar-refractivity contribution >= 4 is 35.0 Å². The highest BCUT2D eigenvalue weighted by Crippen LogP contribution is 2.30. The number of rotatable bonds is 10. The molecule has 1 saturated heterocycles. The molecule has 196 valence electrons. The van der Waals surface area contributed by atoms with Gasteiger partial charge in [-0.1, -0.05) is 18.2 Å². The van der Waals surface area contributed by atoms with Gasteiger partial charge in [0.2, 0.25) is 12.3 Å². The Morgan fingerprint density at radius 3 is 2.78 bits per heavy atom. The van der Waals surface area contributed by atoms with E-state index in [1.54, 1.807) is 23.6 Å². The Labute approximate surface area is 219 Å². The lowest BCUT2D eigenvalue weighted by molar-refractivity contribution is -0.125. The molecule has 0 radical (unpaired) electrons. The topological polar surface area (TPSA) is 93.5 Å². The maximum Gasteiger partial charge on any atom is 0.262 e. The molecule has 0 spiro atoms. The molecule has 10 heteroatoms. The molecule has 0 bridgehead atoms. The third-order valence-electron chi connectivity index (χ3n) is 6.53. The van der Waals surface area contributed by atoms with Crippen LogP contribution in [0.2, 0.25) is 0 Å². The molecular formula is C27H31FN4O4S. The fourth-order valence-electron chi connectivity index (χ4n) is 4.55. The van der Waals surface area contributed by atoms with Crippen LogP contribution >= 0.6 is 11.8 Å². The van der Waals surface area contributed by atoms with Gasteiger partial charge in [0.25, 0.3) is 5.56 Å². The van der Waals surface area contributed by atoms with Crippen LogP contribution in [0.3, 0.4) is 0 Å². The minimum absolute atomic E-state index is 0.112. The number of aryl methyl sites for hydroxylation is 1. The van der Waals surface area contributed by atoms with Gasteiger partial charge in [-0.25, -0.2) is 9.37 Å². The van der Waals surface area contributed by atoms with Gasteiger partial charge in [0.05, 0.1) is 24.1 Å². The second kappa shape index (κ2) is 12.4. The Morgan fingerprint density at radius 1 is 1.27 bits per heavy atom. The van der Waals surface area contributed by atoms with Crippen LogP contribution in [0.25, 0.3) is 10.9 Å². The number of amides is 2. The summed E-state index contributed by atoms with van der Waals surface area (Å²) in [4.78, 5) is 43.3. The van der Waals surface area contributed by atoms with E-state index in [0.29, 0.717) is 60.6 Å². The zero-order valence-electron chi connectivity index (χ0n) is 21.0. The number of imide groups is 1. The number of fused-ring (bicyclic) bond motifs is 1. The predicted octanol–water partition coefficient (Wildman–Crippen LogP) is 3.58. The van der Waals surface area contributed by atoms with Crippen LogP contribution in [0, 0.1) is 12.7 Å². The molecule has 1 aromatic heterocycles. The summed E-state index contributed by atoms with van der Waals surface area (Å²) in [5, 5.41) is 2.60. The van der Waals surface area contributed by atoms with E-state index in [1.165, 1.54) is 11.8 Å². The van der Waals surface area contributed by atoms with Crippen LogP contribution < -0.4 is 10.9 Å². The third-order valence-corrected chi connectivity index (χ3v) is 7.63. The standard InChI is InChI=1S/C27H31FN4O4S/c1-18(6-9-25(34)29-17-33)32-19(2)30-23-4-3-5-24(26(23)27(32)35)37-16-21-8-7-20(14-22(21)28)15-31-10-12-36-13-11-31/h3-5,7-8,14,17-18H,6,9-13,15-16H2,1-2H3,(H,29,33,34). The van der Waals surface area contributed by atoms with Gasteiger partial charge in [0.15, 0.2) is 0 Å². The molecule has 2 aromatic carbocycles. The van der Waals surface area contributed by atoms with Gasteiger partial charge in [-0.15, -0.1) is 11.8 Å². The summed E-state index contributed by atoms with van der Waals surface area (Å²) in [5.74, 6) is 0.268. The Bertz CT molecular complexity index is 1340. The zero-order chi connectivity index (χ0) is 26.4. The van der Waals surface area contributed by atoms with Crippen molar-refractivity contribution in [2.75, 3.05) is 26.3 Å². The molecule has 0 saturated carbocycles. The van der Waals surface area contributed by atoms with Gasteiger partial charge in [-0.2, -0.15) is 0 Å². The van der Waals surface area contributed by atoms with Gasteiger partial charge in [-0.05, 0) is 49.6 Å². The molecule has 1 atom stereocenters. The summed E-state index contributed by atoms with van der Waals surface area (Å²) in [6, 6.07) is 10.6. The van der Waals surface area contributed by atoms with E-state index in [2.05, 4.69) is 15.2 Å². The lowest BCUT2D eigenvalue weighted by atomic mass is 10.1. The third kappa shape index (κ3) is 6.63. The molecule has 0 aliphatic carbocycles. The summed E-state index contributed by atoms with van der Waals surface area (Å²) < 4.78 is 21.9. The largest absolute Gasteiger partial charge is 0.379 e. The van der Waals surface area contributed by atoms with Gasteiger partial charge in [-0.3, -0.25) is 29.2 Å². The van der Waals surface area contributed by atoms with Crippen molar-refractivity contribution in [2.24, 2.45) is 0 Å². The van der Waals surface area contributed by atoms with Gasteiger partial charge in [0, 0.05) is 42.7 Å². The molecule has 3 aromatic rings. The maximum absolute atomic E-state index is 14.9. The van der Waals surface area contributed by atoms with Crippen molar-refractivity contribution in [3.05, 3.63) is 69.5 Å². The Morgan fingerprint density at radius 2 is 2.05 bits per heavy atom. The fraction of sp³-hybridized carbons (Fsp3) is 0.407. The van der Waals surface area contributed by atoms with Crippen LogP contribution in [0.5, 0.6) is 0 Å². The van der Waals surface area contributed by atoms with Crippen LogP contribution in [0.4, 0.5) is 4.39 Å². The zero-order valence-corrected chi connectivity index (χ0v) is 21.9. The van der Waals surface area contributed by atoms with Crippen molar-refractivity contribution < 1.29 is 18.7 Å². The first kappa shape index (κ1) is 27.0. The number of carbonyl (C=O) groups excluding carboxylic acids is 2. The highest BCUT2D eigenvalue weighted by molar-refractivity contribution is 7.98. The summed E-state index contributed by atoms with van der Waals surface area (Å²) in [5.41, 5.74) is 1.88. The predicted molar refractivity (Wildman–Crippen MR) is 141 cm³/mol. The minimum atomic E-state index is -0.393. The molecule has 2 heterocycles. The van der Waals surface area contributed by atoms with Crippen molar-refractivity contribution in [3.8, 4) is 0 Å². The summed E-state index contributed by atoms with van der Waals surface area (Å²) in [7, 11) is 0. The number of aromatic nitrogens is 2. The average Bonchev–Trinajstić information content (AvgIpc) is 2.87. The highest BCUT2D eigenvalue weighted by atomic mass is 32.2. The molecule has 1 unspecified atom stereocenters. The number of hydrogen-bond donors (Lipinski definition) is 1. The normalized spacial score (nSPS) is 15.0. The van der Waals surface area contributed by atoms with E-state index in [-0.39, 0.29) is 23.8 Å². The molecule has 1 aliphatic rings. The molecule has 1 N–H and O–H groups in total. The van der Waals surface area contributed by atoms with E-state index in [0.717, 1.165) is 23.5 Å². The number of nitrogens with zero attached hydrogens (tertiary/aromatic N) is 3. The van der Waals surface area contributed by atoms with E-state index in [1.807, 2.05) is 31.2 Å². The number of nitrogens with one attached hydrogen (secondary N) is 1. The van der Waals surface area contributed by atoms with Crippen LogP contribution in [0.1, 0.15) is 42.8 Å². The minimum Gasteiger partial charge on any atom is -0.379 e. The first-order chi connectivity index (χ1) is 17.9. The van der Waals surface area contributed by atoms with Crippen LogP contribution in [-0.4, -0.2) is 53.1 Å². The lowest BCUT2D eigenvalue weighted by Gasteiger charge is -2.26. The second-order valence-electron chi connectivity index (χ2n) is 9.16. The fourth-order valence-corrected chi connectivity index (χ4v) is 5.60. The molecule has 1 fully saturated rings. The monoisotopic (exact) mass is 526 g/mol. The van der Waals surface area contributed by atoms with Gasteiger partial charge in [0.1, 0.15) is 11.6 Å². The van der Waals surface area contributed by atoms with E-state index < -0.39 is 5.91 Å². The number of morpholine rings is 1.